The van der Waals surface area contributed by atoms with Crippen molar-refractivity contribution in [2.45, 2.75) is 407 Å². The summed E-state index contributed by atoms with van der Waals surface area (Å²) in [5, 5.41) is 10.6. The highest BCUT2D eigenvalue weighted by atomic mass is 31.2. The Morgan fingerprint density at radius 2 is 0.505 bits per heavy atom. The van der Waals surface area contributed by atoms with Crippen molar-refractivity contribution in [3.05, 3.63) is 0 Å². The summed E-state index contributed by atoms with van der Waals surface area (Å²) in [7, 11) is -9.91. The lowest BCUT2D eigenvalue weighted by atomic mass is 9.99. The van der Waals surface area contributed by atoms with Gasteiger partial charge in [-0.2, -0.15) is 0 Å². The van der Waals surface area contributed by atoms with Crippen LogP contribution in [0, 0.1) is 17.8 Å². The van der Waals surface area contributed by atoms with Crippen molar-refractivity contribution in [1.29, 1.82) is 0 Å². The summed E-state index contributed by atoms with van der Waals surface area (Å²) >= 11 is 0. The third-order valence-corrected chi connectivity index (χ3v) is 20.6. The average molecular weight is 1400 g/mol. The van der Waals surface area contributed by atoms with E-state index >= 15 is 0 Å². The maximum absolute atomic E-state index is 13.1. The third-order valence-electron chi connectivity index (χ3n) is 18.7. The highest BCUT2D eigenvalue weighted by Crippen LogP contribution is 2.45. The second-order valence-electron chi connectivity index (χ2n) is 28.1. The molecule has 5 unspecified atom stereocenters. The van der Waals surface area contributed by atoms with Gasteiger partial charge in [-0.3, -0.25) is 37.3 Å². The Bertz CT molecular complexity index is 1860. The van der Waals surface area contributed by atoms with E-state index < -0.39 is 97.5 Å². The van der Waals surface area contributed by atoms with Crippen LogP contribution < -0.4 is 0 Å². The normalized spacial score (nSPS) is 14.9. The van der Waals surface area contributed by atoms with Gasteiger partial charge in [0.1, 0.15) is 19.3 Å². The molecule has 0 aliphatic heterocycles. The van der Waals surface area contributed by atoms with Crippen LogP contribution >= 0.6 is 15.6 Å². The molecule has 0 rings (SSSR count). The van der Waals surface area contributed by atoms with E-state index in [0.29, 0.717) is 25.7 Å². The van der Waals surface area contributed by atoms with E-state index in [2.05, 4.69) is 48.5 Å². The molecule has 0 aromatic carbocycles. The van der Waals surface area contributed by atoms with Gasteiger partial charge in [0, 0.05) is 25.7 Å². The molecule has 0 saturated carbocycles. The van der Waals surface area contributed by atoms with Gasteiger partial charge in [-0.15, -0.1) is 0 Å². The van der Waals surface area contributed by atoms with Crippen molar-refractivity contribution >= 4 is 39.5 Å². The van der Waals surface area contributed by atoms with Crippen LogP contribution in [0.25, 0.3) is 0 Å². The third kappa shape index (κ3) is 66.4. The number of ether oxygens (including phenoxy) is 4. The number of phosphoric acid groups is 2. The summed E-state index contributed by atoms with van der Waals surface area (Å²) in [6.07, 6.45) is 52.8. The van der Waals surface area contributed by atoms with Crippen molar-refractivity contribution < 1.29 is 80.2 Å². The smallest absolute Gasteiger partial charge is 0.462 e. The SMILES string of the molecule is CCCCCCCCCCCC(=O)OC[C@H](COP(=O)(O)OC[C@H](O)COP(=O)(O)OC[C@@H](COC(=O)CCCCCCCCCCCCC(C)CC)OC(=O)CCCCCCCCCCCCCCCCCCCCC(C)CC)OC(=O)CCCCCCCCC(C)CC. The monoisotopic (exact) mass is 1400 g/mol. The number of carbonyl (C=O) groups is 4. The van der Waals surface area contributed by atoms with Gasteiger partial charge in [0.15, 0.2) is 12.2 Å². The van der Waals surface area contributed by atoms with Crippen LogP contribution in [0.4, 0.5) is 0 Å². The minimum atomic E-state index is -4.96. The van der Waals surface area contributed by atoms with Gasteiger partial charge in [0.05, 0.1) is 26.4 Å². The Labute approximate surface area is 581 Å². The Balaban J connectivity index is 5.18. The predicted molar refractivity (Wildman–Crippen MR) is 386 cm³/mol. The first-order chi connectivity index (χ1) is 45.8. The molecule has 19 heteroatoms. The summed E-state index contributed by atoms with van der Waals surface area (Å²) in [4.78, 5) is 72.7. The number of hydrogen-bond donors (Lipinski definition) is 3. The van der Waals surface area contributed by atoms with Gasteiger partial charge < -0.3 is 33.8 Å². The lowest BCUT2D eigenvalue weighted by molar-refractivity contribution is -0.161. The Hall–Kier alpha value is -1.94. The number of rotatable bonds is 74. The standard InChI is InChI=1S/C76H148O17P2/c1-8-12-13-14-15-28-35-43-50-57-73(78)86-64-72(93-76(81)60-53-46-39-38-42-49-56-69(7)11-4)66-91-95(84,85)89-62-70(77)61-88-94(82,83)90-65-71(63-87-74(79)58-51-44-36-31-27-26-30-34-41-48-55-68(6)10-3)92-75(80)59-52-45-37-32-25-23-21-19-17-16-18-20-22-24-29-33-40-47-54-67(5)9-2/h67-72,77H,8-66H2,1-7H3,(H,82,83)(H,84,85)/t67?,68?,69?,70-,71-,72-/m1/s1. The van der Waals surface area contributed by atoms with Crippen LogP contribution in [0.1, 0.15) is 389 Å². The first-order valence-corrected chi connectivity index (χ1v) is 42.5. The highest BCUT2D eigenvalue weighted by molar-refractivity contribution is 7.47. The van der Waals surface area contributed by atoms with Crippen LogP contribution in [0.2, 0.25) is 0 Å². The second kappa shape index (κ2) is 66.6. The average Bonchev–Trinajstić information content (AvgIpc) is 1.50. The Morgan fingerprint density at radius 3 is 0.747 bits per heavy atom. The molecule has 0 aliphatic carbocycles. The van der Waals surface area contributed by atoms with Crippen LogP contribution in [0.3, 0.4) is 0 Å². The van der Waals surface area contributed by atoms with Gasteiger partial charge in [-0.05, 0) is 43.4 Å². The second-order valence-corrected chi connectivity index (χ2v) is 31.0. The number of hydrogen-bond acceptors (Lipinski definition) is 15. The van der Waals surface area contributed by atoms with Gasteiger partial charge in [-0.25, -0.2) is 9.13 Å². The van der Waals surface area contributed by atoms with Crippen LogP contribution in [-0.2, 0) is 65.4 Å². The molecule has 0 amide bonds. The number of phosphoric ester groups is 2. The molecule has 0 aromatic heterocycles. The fourth-order valence-corrected chi connectivity index (χ4v) is 13.1. The zero-order chi connectivity index (χ0) is 70.1. The molecule has 0 spiro atoms. The van der Waals surface area contributed by atoms with E-state index in [1.54, 1.807) is 0 Å². The summed E-state index contributed by atoms with van der Waals surface area (Å²) in [5.74, 6) is 0.278. The van der Waals surface area contributed by atoms with E-state index in [1.807, 2.05) is 0 Å². The Morgan fingerprint density at radius 1 is 0.295 bits per heavy atom. The molecule has 0 heterocycles. The summed E-state index contributed by atoms with van der Waals surface area (Å²) in [6, 6.07) is 0. The molecule has 0 aromatic rings. The number of unbranched alkanes of at least 4 members (excludes halogenated alkanes) is 39. The first-order valence-electron chi connectivity index (χ1n) is 39.5. The molecule has 0 fully saturated rings. The van der Waals surface area contributed by atoms with E-state index in [-0.39, 0.29) is 25.7 Å². The first kappa shape index (κ1) is 93.1. The Kier molecular flexibility index (Phi) is 65.2. The van der Waals surface area contributed by atoms with Crippen LogP contribution in [-0.4, -0.2) is 96.7 Å². The number of aliphatic hydroxyl groups is 1. The molecule has 3 N–H and O–H groups in total. The predicted octanol–water partition coefficient (Wildman–Crippen LogP) is 22.2. The number of aliphatic hydroxyl groups excluding tert-OH is 1. The van der Waals surface area contributed by atoms with Gasteiger partial charge in [-0.1, -0.05) is 337 Å². The largest absolute Gasteiger partial charge is 0.472 e. The lowest BCUT2D eigenvalue weighted by Crippen LogP contribution is -2.30. The van der Waals surface area contributed by atoms with Crippen molar-refractivity contribution in [3.8, 4) is 0 Å². The summed E-state index contributed by atoms with van der Waals surface area (Å²) in [6.45, 7) is 11.9. The van der Waals surface area contributed by atoms with Gasteiger partial charge in [0.25, 0.3) is 0 Å². The van der Waals surface area contributed by atoms with Crippen molar-refractivity contribution in [2.24, 2.45) is 17.8 Å². The minimum absolute atomic E-state index is 0.103. The van der Waals surface area contributed by atoms with Gasteiger partial charge in [0.2, 0.25) is 0 Å². The number of carbonyl (C=O) groups excluding carboxylic acids is 4. The van der Waals surface area contributed by atoms with E-state index in [1.165, 1.54) is 199 Å². The molecule has 8 atom stereocenters. The zero-order valence-corrected chi connectivity index (χ0v) is 63.9. The zero-order valence-electron chi connectivity index (χ0n) is 62.1. The molecule has 0 bridgehead atoms. The molecule has 0 saturated heterocycles. The molecule has 95 heavy (non-hydrogen) atoms. The van der Waals surface area contributed by atoms with Crippen LogP contribution in [0.15, 0.2) is 0 Å². The molecular weight excluding hydrogens is 1250 g/mol. The quantitative estimate of drug-likeness (QED) is 0.0222. The minimum Gasteiger partial charge on any atom is -0.462 e. The fourth-order valence-electron chi connectivity index (χ4n) is 11.5. The van der Waals surface area contributed by atoms with E-state index in [4.69, 9.17) is 37.0 Å². The maximum atomic E-state index is 13.1. The highest BCUT2D eigenvalue weighted by Gasteiger charge is 2.30. The van der Waals surface area contributed by atoms with E-state index in [0.717, 1.165) is 108 Å². The fraction of sp³-hybridized carbons (Fsp3) is 0.947. The van der Waals surface area contributed by atoms with E-state index in [9.17, 15) is 43.2 Å². The molecule has 0 aliphatic rings. The molecule has 0 radical (unpaired) electrons. The van der Waals surface area contributed by atoms with Crippen LogP contribution in [0.5, 0.6) is 0 Å². The van der Waals surface area contributed by atoms with Crippen molar-refractivity contribution in [2.75, 3.05) is 39.6 Å². The molecular formula is C76H148O17P2. The summed E-state index contributed by atoms with van der Waals surface area (Å²) in [5.41, 5.74) is 0. The van der Waals surface area contributed by atoms with Gasteiger partial charge >= 0.3 is 39.5 Å². The molecule has 17 nitrogen and oxygen atoms in total. The number of esters is 4. The summed E-state index contributed by atoms with van der Waals surface area (Å²) < 4.78 is 68.4. The molecule has 564 valence electrons. The van der Waals surface area contributed by atoms with Crippen molar-refractivity contribution in [1.82, 2.24) is 0 Å². The maximum Gasteiger partial charge on any atom is 0.472 e. The topological polar surface area (TPSA) is 237 Å². The lowest BCUT2D eigenvalue weighted by Gasteiger charge is -2.21. The van der Waals surface area contributed by atoms with Crippen molar-refractivity contribution in [3.63, 3.8) is 0 Å².